The molecule has 3 nitrogen and oxygen atoms in total. The third-order valence-corrected chi connectivity index (χ3v) is 5.39. The minimum atomic E-state index is 0.585. The van der Waals surface area contributed by atoms with Crippen LogP contribution in [0.2, 0.25) is 5.02 Å². The molecule has 0 radical (unpaired) electrons. The highest BCUT2D eigenvalue weighted by molar-refractivity contribution is 6.31. The maximum Gasteiger partial charge on any atom is 0.150 e. The molecule has 0 bridgehead atoms. The summed E-state index contributed by atoms with van der Waals surface area (Å²) in [5, 5.41) is 0.585. The zero-order valence-electron chi connectivity index (χ0n) is 16.0. The number of aldehydes is 1. The van der Waals surface area contributed by atoms with E-state index in [0.29, 0.717) is 10.6 Å². The summed E-state index contributed by atoms with van der Waals surface area (Å²) in [5.74, 6) is 0.846. The molecule has 0 aliphatic heterocycles. The number of hydrogen-bond donors (Lipinski definition) is 0. The van der Waals surface area contributed by atoms with Gasteiger partial charge in [-0.25, -0.2) is 4.98 Å². The Hall–Kier alpha value is -3.69. The fraction of sp³-hybridized carbons (Fsp3) is 0. The van der Waals surface area contributed by atoms with E-state index in [1.165, 1.54) is 0 Å². The normalized spacial score (nSPS) is 11.0. The van der Waals surface area contributed by atoms with Crippen molar-refractivity contribution in [1.82, 2.24) is 9.55 Å². The Bertz CT molecular complexity index is 1360. The van der Waals surface area contributed by atoms with Crippen LogP contribution in [0.5, 0.6) is 0 Å². The smallest absolute Gasteiger partial charge is 0.150 e. The van der Waals surface area contributed by atoms with Gasteiger partial charge in [-0.05, 0) is 42.0 Å². The number of nitrogens with zero attached hydrogens (tertiary/aromatic N) is 2. The van der Waals surface area contributed by atoms with Gasteiger partial charge < -0.3 is 0 Å². The number of aromatic nitrogens is 2. The molecule has 0 atom stereocenters. The van der Waals surface area contributed by atoms with Gasteiger partial charge in [-0.2, -0.15) is 0 Å². The zero-order chi connectivity index (χ0) is 20.5. The van der Waals surface area contributed by atoms with E-state index in [2.05, 4.69) is 28.8 Å². The molecular formula is C26H17ClN2O. The fourth-order valence-electron chi connectivity index (χ4n) is 3.82. The van der Waals surface area contributed by atoms with Crippen LogP contribution in [0.1, 0.15) is 10.4 Å². The molecule has 0 aliphatic carbocycles. The maximum atomic E-state index is 11.8. The summed E-state index contributed by atoms with van der Waals surface area (Å²) in [6.45, 7) is 0. The molecule has 4 heteroatoms. The van der Waals surface area contributed by atoms with Gasteiger partial charge in [-0.15, -0.1) is 0 Å². The average molecular weight is 409 g/mol. The highest BCUT2D eigenvalue weighted by Crippen LogP contribution is 2.36. The van der Waals surface area contributed by atoms with Crippen LogP contribution < -0.4 is 0 Å². The van der Waals surface area contributed by atoms with Crippen LogP contribution >= 0.6 is 11.6 Å². The van der Waals surface area contributed by atoms with Crippen molar-refractivity contribution in [3.8, 4) is 28.2 Å². The van der Waals surface area contributed by atoms with Gasteiger partial charge in [0.2, 0.25) is 0 Å². The third-order valence-electron chi connectivity index (χ3n) is 5.16. The largest absolute Gasteiger partial charge is 0.298 e. The number of carbonyl (C=O) groups excluding carboxylic acids is 1. The Labute approximate surface area is 179 Å². The summed E-state index contributed by atoms with van der Waals surface area (Å²) in [7, 11) is 0. The van der Waals surface area contributed by atoms with Crippen LogP contribution in [0.15, 0.2) is 97.1 Å². The number of fused-ring (bicyclic) bond motifs is 1. The van der Waals surface area contributed by atoms with Gasteiger partial charge in [-0.1, -0.05) is 72.3 Å². The lowest BCUT2D eigenvalue weighted by Gasteiger charge is -2.13. The van der Waals surface area contributed by atoms with Gasteiger partial charge in [0.05, 0.1) is 11.0 Å². The lowest BCUT2D eigenvalue weighted by atomic mass is 9.99. The van der Waals surface area contributed by atoms with E-state index in [9.17, 15) is 4.79 Å². The fourth-order valence-corrected chi connectivity index (χ4v) is 3.99. The molecule has 144 valence electrons. The average Bonchev–Trinajstić information content (AvgIpc) is 3.20. The molecule has 0 saturated carbocycles. The van der Waals surface area contributed by atoms with Crippen LogP contribution in [-0.2, 0) is 0 Å². The van der Waals surface area contributed by atoms with E-state index in [1.54, 1.807) is 12.1 Å². The van der Waals surface area contributed by atoms with Crippen molar-refractivity contribution in [3.05, 3.63) is 108 Å². The summed E-state index contributed by atoms with van der Waals surface area (Å²) in [6, 6.07) is 31.5. The van der Waals surface area contributed by atoms with Crippen molar-refractivity contribution in [2.24, 2.45) is 0 Å². The molecule has 0 amide bonds. The first-order chi connectivity index (χ1) is 14.8. The zero-order valence-corrected chi connectivity index (χ0v) is 16.8. The highest BCUT2D eigenvalue weighted by Gasteiger charge is 2.19. The van der Waals surface area contributed by atoms with Crippen molar-refractivity contribution in [1.29, 1.82) is 0 Å². The first-order valence-electron chi connectivity index (χ1n) is 9.63. The summed E-state index contributed by atoms with van der Waals surface area (Å²) in [4.78, 5) is 16.7. The minimum absolute atomic E-state index is 0.585. The predicted molar refractivity (Wildman–Crippen MR) is 122 cm³/mol. The molecule has 5 rings (SSSR count). The Kier molecular flexibility index (Phi) is 4.66. The van der Waals surface area contributed by atoms with Gasteiger partial charge in [0, 0.05) is 27.4 Å². The third kappa shape index (κ3) is 3.10. The predicted octanol–water partition coefficient (Wildman–Crippen LogP) is 6.83. The van der Waals surface area contributed by atoms with E-state index < -0.39 is 0 Å². The van der Waals surface area contributed by atoms with Gasteiger partial charge in [0.15, 0.2) is 6.29 Å². The van der Waals surface area contributed by atoms with E-state index in [-0.39, 0.29) is 0 Å². The second-order valence-electron chi connectivity index (χ2n) is 7.00. The number of halogens is 1. The lowest BCUT2D eigenvalue weighted by Crippen LogP contribution is -1.99. The van der Waals surface area contributed by atoms with E-state index >= 15 is 0 Å². The second kappa shape index (κ2) is 7.62. The van der Waals surface area contributed by atoms with Crippen molar-refractivity contribution >= 4 is 28.9 Å². The molecule has 0 aliphatic rings. The topological polar surface area (TPSA) is 34.9 Å². The molecule has 0 N–H and O–H groups in total. The van der Waals surface area contributed by atoms with Crippen LogP contribution in [-0.4, -0.2) is 15.8 Å². The van der Waals surface area contributed by atoms with Crippen LogP contribution in [0, 0.1) is 0 Å². The number of imidazole rings is 1. The summed E-state index contributed by atoms with van der Waals surface area (Å²) >= 11 is 6.29. The Morgan fingerprint density at radius 1 is 0.767 bits per heavy atom. The number of benzene rings is 4. The second-order valence-corrected chi connectivity index (χ2v) is 7.43. The molecule has 0 fully saturated rings. The number of carbonyl (C=O) groups is 1. The Morgan fingerprint density at radius 3 is 2.23 bits per heavy atom. The van der Waals surface area contributed by atoms with Crippen molar-refractivity contribution in [3.63, 3.8) is 0 Å². The number of para-hydroxylation sites is 2. The molecule has 0 spiro atoms. The molecule has 1 heterocycles. The van der Waals surface area contributed by atoms with E-state index in [4.69, 9.17) is 16.6 Å². The highest BCUT2D eigenvalue weighted by atomic mass is 35.5. The molecule has 0 unspecified atom stereocenters. The summed E-state index contributed by atoms with van der Waals surface area (Å²) in [5.41, 5.74) is 6.11. The SMILES string of the molecule is O=Cc1ccc(Cl)cc1-c1cccc2nc(-c3ccccc3)n(-c3ccccc3)c12. The van der Waals surface area contributed by atoms with Crippen LogP contribution in [0.25, 0.3) is 39.2 Å². The standard InChI is InChI=1S/C26H17ClN2O/c27-20-15-14-19(17-30)23(16-20)22-12-7-13-24-25(22)29(21-10-5-2-6-11-21)26(28-24)18-8-3-1-4-9-18/h1-17H. The van der Waals surface area contributed by atoms with Crippen LogP contribution in [0.4, 0.5) is 0 Å². The van der Waals surface area contributed by atoms with Gasteiger partial charge in [0.1, 0.15) is 5.82 Å². The first kappa shape index (κ1) is 18.3. The molecule has 0 saturated heterocycles. The van der Waals surface area contributed by atoms with Gasteiger partial charge in [0.25, 0.3) is 0 Å². The number of hydrogen-bond acceptors (Lipinski definition) is 2. The molecule has 1 aromatic heterocycles. The monoisotopic (exact) mass is 408 g/mol. The molecule has 5 aromatic rings. The first-order valence-corrected chi connectivity index (χ1v) is 10.0. The summed E-state index contributed by atoms with van der Waals surface area (Å²) in [6.07, 6.45) is 0.867. The number of rotatable bonds is 4. The Morgan fingerprint density at radius 2 is 1.50 bits per heavy atom. The molecule has 4 aromatic carbocycles. The van der Waals surface area contributed by atoms with Gasteiger partial charge in [-0.3, -0.25) is 9.36 Å². The molecular weight excluding hydrogens is 392 g/mol. The quantitative estimate of drug-likeness (QED) is 0.305. The van der Waals surface area contributed by atoms with E-state index in [1.807, 2.05) is 60.7 Å². The van der Waals surface area contributed by atoms with Crippen LogP contribution in [0.3, 0.4) is 0 Å². The van der Waals surface area contributed by atoms with Crippen molar-refractivity contribution in [2.75, 3.05) is 0 Å². The van der Waals surface area contributed by atoms with Crippen molar-refractivity contribution in [2.45, 2.75) is 0 Å². The minimum Gasteiger partial charge on any atom is -0.298 e. The van der Waals surface area contributed by atoms with Gasteiger partial charge >= 0.3 is 0 Å². The molecule has 30 heavy (non-hydrogen) atoms. The summed E-state index contributed by atoms with van der Waals surface area (Å²) < 4.78 is 2.15. The van der Waals surface area contributed by atoms with E-state index in [0.717, 1.165) is 45.5 Å². The maximum absolute atomic E-state index is 11.8. The Balaban J connectivity index is 1.91. The van der Waals surface area contributed by atoms with Crippen molar-refractivity contribution < 1.29 is 4.79 Å². The lowest BCUT2D eigenvalue weighted by molar-refractivity contribution is 0.112.